The quantitative estimate of drug-likeness (QED) is 0.0768. The number of pyridine rings is 3. The molecule has 5 aromatic rings. The molecule has 0 radical (unpaired) electrons. The van der Waals surface area contributed by atoms with E-state index < -0.39 is 29.7 Å². The van der Waals surface area contributed by atoms with Crippen molar-refractivity contribution >= 4 is 64.1 Å². The number of carbonyl (C=O) groups excluding carboxylic acids is 6. The third kappa shape index (κ3) is 10.0. The number of nitrogens with zero attached hydrogens (tertiary/aromatic N) is 8. The average Bonchev–Trinajstić information content (AvgIpc) is 4.00. The zero-order chi connectivity index (χ0) is 52.7. The Morgan fingerprint density at radius 1 is 0.880 bits per heavy atom. The number of anilines is 5. The van der Waals surface area contributed by atoms with E-state index in [2.05, 4.69) is 56.2 Å². The number of aromatic nitrogens is 4. The lowest BCUT2D eigenvalue weighted by molar-refractivity contribution is -0.136. The lowest BCUT2D eigenvalue weighted by atomic mass is 9.90. The van der Waals surface area contributed by atoms with Crippen LogP contribution >= 0.6 is 0 Å². The Labute approximate surface area is 432 Å². The maximum Gasteiger partial charge on any atom is 0.276 e. The van der Waals surface area contributed by atoms with Gasteiger partial charge in [-0.3, -0.25) is 48.7 Å². The molecule has 2 saturated heterocycles. The number of imide groups is 2. The zero-order valence-corrected chi connectivity index (χ0v) is 42.5. The van der Waals surface area contributed by atoms with Crippen molar-refractivity contribution in [2.24, 2.45) is 12.5 Å². The molecule has 2 unspecified atom stereocenters. The summed E-state index contributed by atoms with van der Waals surface area (Å²) in [7, 11) is 1.66. The number of aryl methyl sites for hydroxylation is 1. The fraction of sp³-hybridized carbons (Fsp3) is 0.426. The molecule has 5 aliphatic rings. The molecule has 0 saturated carbocycles. The molecule has 1 aliphatic carbocycles. The zero-order valence-electron chi connectivity index (χ0n) is 42.5. The van der Waals surface area contributed by atoms with E-state index in [9.17, 15) is 38.7 Å². The van der Waals surface area contributed by atoms with Gasteiger partial charge in [-0.15, -0.1) is 0 Å². The number of aliphatic hydroxyl groups is 1. The number of piperazine rings is 1. The Hall–Kier alpha value is -7.75. The van der Waals surface area contributed by atoms with Crippen LogP contribution in [0.15, 0.2) is 71.9 Å². The van der Waals surface area contributed by atoms with Crippen molar-refractivity contribution in [2.75, 3.05) is 79.6 Å². The number of aliphatic hydroxyl groups excluding tert-OH is 1. The number of nitrogens with one attached hydrogen (secondary N) is 3. The van der Waals surface area contributed by atoms with Crippen LogP contribution < -0.4 is 31.3 Å². The molecular weight excluding hydrogens is 963 g/mol. The second-order valence-electron chi connectivity index (χ2n) is 20.5. The summed E-state index contributed by atoms with van der Waals surface area (Å²) in [5.74, 6) is -1.57. The normalized spacial score (nSPS) is 19.1. The molecule has 8 heterocycles. The van der Waals surface area contributed by atoms with E-state index in [1.807, 2.05) is 23.1 Å². The Bertz CT molecular complexity index is 3170. The van der Waals surface area contributed by atoms with Gasteiger partial charge in [0.2, 0.25) is 17.7 Å². The molecule has 4 aromatic heterocycles. The summed E-state index contributed by atoms with van der Waals surface area (Å²) in [6.07, 6.45) is 7.26. The molecule has 2 fully saturated rings. The molecular formula is C54H61N11O10. The number of rotatable bonds is 17. The summed E-state index contributed by atoms with van der Waals surface area (Å²) in [4.78, 5) is 107. The average molecular weight is 1020 g/mol. The molecule has 21 nitrogen and oxygen atoms in total. The highest BCUT2D eigenvalue weighted by atomic mass is 16.5. The van der Waals surface area contributed by atoms with Crippen LogP contribution in [0.3, 0.4) is 0 Å². The van der Waals surface area contributed by atoms with E-state index >= 15 is 0 Å². The van der Waals surface area contributed by atoms with Gasteiger partial charge in [0.25, 0.3) is 23.3 Å². The van der Waals surface area contributed by atoms with Gasteiger partial charge in [0.05, 0.1) is 62.5 Å². The maximum absolute atomic E-state index is 14.0. The molecule has 21 heteroatoms. The van der Waals surface area contributed by atoms with E-state index in [0.29, 0.717) is 79.0 Å². The lowest BCUT2D eigenvalue weighted by Gasteiger charge is -2.41. The first-order valence-corrected chi connectivity index (χ1v) is 25.4. The van der Waals surface area contributed by atoms with Gasteiger partial charge in [0.1, 0.15) is 29.1 Å². The summed E-state index contributed by atoms with van der Waals surface area (Å²) >= 11 is 0. The topological polar surface area (TPSA) is 243 Å². The van der Waals surface area contributed by atoms with Crippen molar-refractivity contribution in [2.45, 2.75) is 78.1 Å². The Morgan fingerprint density at radius 3 is 2.45 bits per heavy atom. The fourth-order valence-electron chi connectivity index (χ4n) is 11.1. The van der Waals surface area contributed by atoms with Gasteiger partial charge in [-0.1, -0.05) is 19.9 Å². The lowest BCUT2D eigenvalue weighted by Crippen LogP contribution is -2.54. The van der Waals surface area contributed by atoms with E-state index in [-0.39, 0.29) is 97.9 Å². The van der Waals surface area contributed by atoms with Gasteiger partial charge in [-0.2, -0.15) is 0 Å². The molecule has 392 valence electrons. The van der Waals surface area contributed by atoms with Gasteiger partial charge in [0.15, 0.2) is 0 Å². The smallest absolute Gasteiger partial charge is 0.276 e. The standard InChI is InChI=1S/C54H61N11O10/c1-32-29-61(46(68)13-20-74-22-23-75-21-15-55-39-7-5-6-37-47(39)53(73)65(50(37)70)41-9-11-45(67)59-49(41)69)16-17-62(32)35-8-10-44(57-28-35)58-40-24-34(30-60(4)51(40)71)36-12-14-56-48(38(36)31-66)64-19-18-63-42(52(64)72)25-33-26-54(2,3)27-43(33)63/h5-8,10,12,14,24-25,28,30,32,41,55,66H,9,11,13,15-23,26-27,29,31H2,1-4H3,(H,57,58)(H,59,67,69). The van der Waals surface area contributed by atoms with Crippen LogP contribution in [0.1, 0.15) is 88.1 Å². The molecule has 10 rings (SSSR count). The van der Waals surface area contributed by atoms with Crippen LogP contribution in [0.5, 0.6) is 0 Å². The summed E-state index contributed by atoms with van der Waals surface area (Å²) < 4.78 is 15.0. The van der Waals surface area contributed by atoms with Crippen molar-refractivity contribution in [3.63, 3.8) is 0 Å². The van der Waals surface area contributed by atoms with Gasteiger partial charge in [0, 0.05) is 93.7 Å². The van der Waals surface area contributed by atoms with Crippen LogP contribution in [-0.2, 0) is 56.9 Å². The molecule has 4 aliphatic heterocycles. The van der Waals surface area contributed by atoms with Crippen molar-refractivity contribution in [3.05, 3.63) is 111 Å². The third-order valence-corrected chi connectivity index (χ3v) is 14.8. The number of hydrogen-bond acceptors (Lipinski definition) is 15. The number of carbonyl (C=O) groups is 6. The highest BCUT2D eigenvalue weighted by molar-refractivity contribution is 6.25. The third-order valence-electron chi connectivity index (χ3n) is 14.8. The first-order chi connectivity index (χ1) is 36.1. The minimum Gasteiger partial charge on any atom is -0.392 e. The van der Waals surface area contributed by atoms with E-state index in [1.54, 1.807) is 54.8 Å². The summed E-state index contributed by atoms with van der Waals surface area (Å²) in [5, 5.41) is 19.3. The van der Waals surface area contributed by atoms with Gasteiger partial charge in [-0.25, -0.2) is 9.97 Å². The van der Waals surface area contributed by atoms with Crippen LogP contribution in [0.4, 0.5) is 28.7 Å². The number of amides is 6. The van der Waals surface area contributed by atoms with E-state index in [1.165, 1.54) is 21.9 Å². The van der Waals surface area contributed by atoms with Crippen LogP contribution in [-0.4, -0.2) is 141 Å². The maximum atomic E-state index is 14.0. The molecule has 1 aromatic carbocycles. The van der Waals surface area contributed by atoms with Crippen molar-refractivity contribution < 1.29 is 43.3 Å². The number of ether oxygens (including phenoxy) is 2. The van der Waals surface area contributed by atoms with Gasteiger partial charge >= 0.3 is 0 Å². The summed E-state index contributed by atoms with van der Waals surface area (Å²) in [6, 6.07) is 13.1. The van der Waals surface area contributed by atoms with Crippen molar-refractivity contribution in [1.82, 2.24) is 34.2 Å². The van der Waals surface area contributed by atoms with Gasteiger partial charge in [-0.05, 0) is 85.2 Å². The number of piperidine rings is 1. The summed E-state index contributed by atoms with van der Waals surface area (Å²) in [6.45, 7) is 10.3. The van der Waals surface area contributed by atoms with E-state index in [4.69, 9.17) is 9.47 Å². The molecule has 0 spiro atoms. The van der Waals surface area contributed by atoms with Gasteiger partial charge < -0.3 is 44.1 Å². The van der Waals surface area contributed by atoms with Crippen LogP contribution in [0.25, 0.3) is 11.1 Å². The van der Waals surface area contributed by atoms with Crippen LogP contribution in [0.2, 0.25) is 0 Å². The molecule has 0 bridgehead atoms. The monoisotopic (exact) mass is 1020 g/mol. The second-order valence-corrected chi connectivity index (χ2v) is 20.5. The number of hydrogen-bond donors (Lipinski definition) is 4. The fourth-order valence-corrected chi connectivity index (χ4v) is 11.1. The second kappa shape index (κ2) is 20.9. The first-order valence-electron chi connectivity index (χ1n) is 25.4. The summed E-state index contributed by atoms with van der Waals surface area (Å²) in [5.41, 5.74) is 6.73. The van der Waals surface area contributed by atoms with Crippen molar-refractivity contribution in [3.8, 4) is 11.1 Å². The Kier molecular flexibility index (Phi) is 14.1. The minimum atomic E-state index is -1.04. The largest absolute Gasteiger partial charge is 0.392 e. The van der Waals surface area contributed by atoms with Crippen molar-refractivity contribution in [1.29, 1.82) is 0 Å². The van der Waals surface area contributed by atoms with Crippen LogP contribution in [0, 0.1) is 5.41 Å². The van der Waals surface area contributed by atoms with E-state index in [0.717, 1.165) is 23.4 Å². The SMILES string of the molecule is CC1CN(C(=O)CCOCCOCCNc2cccc3c2C(=O)N(C2CCC(=O)NC2=O)C3=O)CCN1c1ccc(Nc2cc(-c3ccnc(N4CCn5c(cc6c5CC(C)(C)C6)C4=O)c3CO)cn(C)c2=O)nc1. The predicted molar refractivity (Wildman–Crippen MR) is 277 cm³/mol. The highest BCUT2D eigenvalue weighted by Crippen LogP contribution is 2.40. The Balaban J connectivity index is 0.670. The molecule has 75 heavy (non-hydrogen) atoms. The highest BCUT2D eigenvalue weighted by Gasteiger charge is 2.46. The minimum absolute atomic E-state index is 0.0000732. The molecule has 4 N–H and O–H groups in total. The Morgan fingerprint density at radius 2 is 1.69 bits per heavy atom. The number of benzene rings is 1. The first kappa shape index (κ1) is 50.8. The number of fused-ring (bicyclic) bond motifs is 4. The predicted octanol–water partition coefficient (Wildman–Crippen LogP) is 3.64. The molecule has 2 atom stereocenters. The molecule has 6 amide bonds.